The Hall–Kier alpha value is -1.90. The molecule has 0 heterocycles. The fraction of sp³-hybridized carbons (Fsp3) is 0.500. The lowest BCUT2D eigenvalue weighted by Gasteiger charge is -2.12. The molecule has 0 unspecified atom stereocenters. The van der Waals surface area contributed by atoms with Crippen LogP contribution in [0.4, 0.5) is 0 Å². The molecule has 0 radical (unpaired) electrons. The SMILES string of the molecule is CCOC(C#Cc1cc(OC)c(OC)c(OC)c1)OCC. The van der Waals surface area contributed by atoms with Crippen molar-refractivity contribution >= 4 is 0 Å². The van der Waals surface area contributed by atoms with Gasteiger partial charge in [-0.3, -0.25) is 0 Å². The molecular formula is C16H22O5. The van der Waals surface area contributed by atoms with Crippen LogP contribution in [0.3, 0.4) is 0 Å². The largest absolute Gasteiger partial charge is 0.493 e. The third-order valence-electron chi connectivity index (χ3n) is 2.64. The van der Waals surface area contributed by atoms with Crippen LogP contribution in [0.15, 0.2) is 12.1 Å². The number of rotatable bonds is 7. The van der Waals surface area contributed by atoms with Crippen molar-refractivity contribution in [3.8, 4) is 29.1 Å². The average molecular weight is 294 g/mol. The van der Waals surface area contributed by atoms with Gasteiger partial charge >= 0.3 is 0 Å². The molecule has 116 valence electrons. The number of hydrogen-bond acceptors (Lipinski definition) is 5. The molecule has 0 aliphatic carbocycles. The minimum Gasteiger partial charge on any atom is -0.493 e. The van der Waals surface area contributed by atoms with E-state index in [4.69, 9.17) is 23.7 Å². The van der Waals surface area contributed by atoms with E-state index in [0.29, 0.717) is 30.5 Å². The quantitative estimate of drug-likeness (QED) is 0.571. The zero-order chi connectivity index (χ0) is 15.7. The highest BCUT2D eigenvalue weighted by molar-refractivity contribution is 5.57. The fourth-order valence-corrected chi connectivity index (χ4v) is 1.73. The van der Waals surface area contributed by atoms with Gasteiger partial charge in [0.15, 0.2) is 11.5 Å². The molecule has 0 saturated heterocycles. The summed E-state index contributed by atoms with van der Waals surface area (Å²) in [6.45, 7) is 4.86. The molecular weight excluding hydrogens is 272 g/mol. The third-order valence-corrected chi connectivity index (χ3v) is 2.64. The van der Waals surface area contributed by atoms with Crippen molar-refractivity contribution in [2.75, 3.05) is 34.5 Å². The van der Waals surface area contributed by atoms with Gasteiger partial charge in [0, 0.05) is 18.8 Å². The van der Waals surface area contributed by atoms with Crippen molar-refractivity contribution in [1.82, 2.24) is 0 Å². The van der Waals surface area contributed by atoms with Crippen LogP contribution in [0.5, 0.6) is 17.2 Å². The first kappa shape index (κ1) is 17.2. The molecule has 1 rings (SSSR count). The zero-order valence-corrected chi connectivity index (χ0v) is 13.2. The van der Waals surface area contributed by atoms with Gasteiger partial charge in [0.1, 0.15) is 0 Å². The van der Waals surface area contributed by atoms with E-state index in [2.05, 4.69) is 11.8 Å². The van der Waals surface area contributed by atoms with Crippen molar-refractivity contribution in [1.29, 1.82) is 0 Å². The van der Waals surface area contributed by atoms with E-state index in [9.17, 15) is 0 Å². The first-order valence-electron chi connectivity index (χ1n) is 6.74. The van der Waals surface area contributed by atoms with Crippen LogP contribution >= 0.6 is 0 Å². The van der Waals surface area contributed by atoms with Gasteiger partial charge in [0.05, 0.1) is 21.3 Å². The van der Waals surface area contributed by atoms with Gasteiger partial charge in [-0.1, -0.05) is 5.92 Å². The predicted molar refractivity (Wildman–Crippen MR) is 80.0 cm³/mol. The first-order chi connectivity index (χ1) is 10.2. The summed E-state index contributed by atoms with van der Waals surface area (Å²) in [4.78, 5) is 0. The first-order valence-corrected chi connectivity index (χ1v) is 6.74. The van der Waals surface area contributed by atoms with Gasteiger partial charge in [-0.15, -0.1) is 0 Å². The molecule has 0 aliphatic heterocycles. The molecule has 5 heteroatoms. The Morgan fingerprint density at radius 2 is 1.43 bits per heavy atom. The van der Waals surface area contributed by atoms with Crippen molar-refractivity contribution in [2.24, 2.45) is 0 Å². The highest BCUT2D eigenvalue weighted by atomic mass is 16.7. The van der Waals surface area contributed by atoms with E-state index < -0.39 is 6.29 Å². The van der Waals surface area contributed by atoms with E-state index in [1.54, 1.807) is 33.5 Å². The molecule has 5 nitrogen and oxygen atoms in total. The van der Waals surface area contributed by atoms with Gasteiger partial charge in [-0.05, 0) is 31.9 Å². The van der Waals surface area contributed by atoms with Crippen LogP contribution in [0.25, 0.3) is 0 Å². The highest BCUT2D eigenvalue weighted by Gasteiger charge is 2.12. The molecule has 1 aromatic rings. The molecule has 0 N–H and O–H groups in total. The fourth-order valence-electron chi connectivity index (χ4n) is 1.73. The van der Waals surface area contributed by atoms with E-state index in [0.717, 1.165) is 5.56 Å². The molecule has 0 bridgehead atoms. The maximum Gasteiger partial charge on any atom is 0.222 e. The Bertz CT molecular complexity index is 470. The van der Waals surface area contributed by atoms with Crippen LogP contribution in [-0.4, -0.2) is 40.8 Å². The highest BCUT2D eigenvalue weighted by Crippen LogP contribution is 2.37. The average Bonchev–Trinajstić information content (AvgIpc) is 2.51. The summed E-state index contributed by atoms with van der Waals surface area (Å²) in [6.07, 6.45) is -0.543. The predicted octanol–water partition coefficient (Wildman–Crippen LogP) is 2.46. The van der Waals surface area contributed by atoms with Crippen LogP contribution in [-0.2, 0) is 9.47 Å². The molecule has 21 heavy (non-hydrogen) atoms. The Kier molecular flexibility index (Phi) is 7.44. The Labute approximate surface area is 126 Å². The Morgan fingerprint density at radius 1 is 0.905 bits per heavy atom. The topological polar surface area (TPSA) is 46.2 Å². The molecule has 0 amide bonds. The monoisotopic (exact) mass is 294 g/mol. The smallest absolute Gasteiger partial charge is 0.222 e. The third kappa shape index (κ3) is 4.85. The molecule has 0 spiro atoms. The molecule has 0 atom stereocenters. The Balaban J connectivity index is 3.08. The lowest BCUT2D eigenvalue weighted by Crippen LogP contribution is -2.14. The maximum absolute atomic E-state index is 5.38. The minimum absolute atomic E-state index is 0.536. The lowest BCUT2D eigenvalue weighted by atomic mass is 10.2. The molecule has 0 aromatic heterocycles. The number of ether oxygens (including phenoxy) is 5. The molecule has 0 saturated carbocycles. The van der Waals surface area contributed by atoms with Gasteiger partial charge in [0.2, 0.25) is 12.0 Å². The van der Waals surface area contributed by atoms with Gasteiger partial charge < -0.3 is 23.7 Å². The number of hydrogen-bond donors (Lipinski definition) is 0. The summed E-state index contributed by atoms with van der Waals surface area (Å²) < 4.78 is 26.6. The number of benzene rings is 1. The summed E-state index contributed by atoms with van der Waals surface area (Å²) in [5, 5.41) is 0. The van der Waals surface area contributed by atoms with Crippen LogP contribution in [0, 0.1) is 11.8 Å². The Morgan fingerprint density at radius 3 is 1.81 bits per heavy atom. The van der Waals surface area contributed by atoms with Gasteiger partial charge in [0.25, 0.3) is 0 Å². The zero-order valence-electron chi connectivity index (χ0n) is 13.2. The summed E-state index contributed by atoms with van der Waals surface area (Å²) in [5.41, 5.74) is 0.730. The van der Waals surface area contributed by atoms with Crippen molar-refractivity contribution in [3.05, 3.63) is 17.7 Å². The van der Waals surface area contributed by atoms with Gasteiger partial charge in [-0.25, -0.2) is 0 Å². The normalized spacial score (nSPS) is 10.0. The molecule has 1 aromatic carbocycles. The molecule has 0 fully saturated rings. The minimum atomic E-state index is -0.543. The lowest BCUT2D eigenvalue weighted by molar-refractivity contribution is -0.0969. The van der Waals surface area contributed by atoms with Crippen molar-refractivity contribution in [3.63, 3.8) is 0 Å². The van der Waals surface area contributed by atoms with Crippen LogP contribution < -0.4 is 14.2 Å². The molecule has 0 aliphatic rings. The summed E-state index contributed by atoms with van der Waals surface area (Å²) in [5.74, 6) is 7.59. The second-order valence-electron chi connectivity index (χ2n) is 3.93. The standard InChI is InChI=1S/C16H22O5/c1-6-20-15(21-7-2)9-8-12-10-13(17-3)16(19-5)14(11-12)18-4/h10-11,15H,6-7H2,1-5H3. The van der Waals surface area contributed by atoms with Crippen LogP contribution in [0.1, 0.15) is 19.4 Å². The van der Waals surface area contributed by atoms with E-state index in [1.165, 1.54) is 0 Å². The van der Waals surface area contributed by atoms with Gasteiger partial charge in [-0.2, -0.15) is 0 Å². The van der Waals surface area contributed by atoms with E-state index in [1.807, 2.05) is 13.8 Å². The second-order valence-corrected chi connectivity index (χ2v) is 3.93. The van der Waals surface area contributed by atoms with E-state index in [-0.39, 0.29) is 0 Å². The maximum atomic E-state index is 5.38. The second kappa shape index (κ2) is 9.11. The van der Waals surface area contributed by atoms with Crippen LogP contribution in [0.2, 0.25) is 0 Å². The summed E-state index contributed by atoms with van der Waals surface area (Å²) >= 11 is 0. The van der Waals surface area contributed by atoms with E-state index >= 15 is 0 Å². The van der Waals surface area contributed by atoms with Crippen molar-refractivity contribution < 1.29 is 23.7 Å². The summed E-state index contributed by atoms with van der Waals surface area (Å²) in [7, 11) is 4.70. The van der Waals surface area contributed by atoms with Crippen molar-refractivity contribution in [2.45, 2.75) is 20.1 Å². The number of methoxy groups -OCH3 is 3. The summed E-state index contributed by atoms with van der Waals surface area (Å²) in [6, 6.07) is 3.56.